The van der Waals surface area contributed by atoms with Crippen LogP contribution in [0, 0.1) is 11.3 Å². The van der Waals surface area contributed by atoms with E-state index in [1.54, 1.807) is 0 Å². The summed E-state index contributed by atoms with van der Waals surface area (Å²) in [5.74, 6) is 0.0901. The number of nitrogens with one attached hydrogen (secondary N) is 1. The fourth-order valence-corrected chi connectivity index (χ4v) is 1.79. The maximum atomic E-state index is 11.1. The minimum atomic E-state index is 0.0901. The highest BCUT2D eigenvalue weighted by Crippen LogP contribution is 2.23. The zero-order valence-electron chi connectivity index (χ0n) is 8.42. The SMILES string of the molecule is N#CCCc1ccc2c(c1)CCC(=O)N2. The molecular weight excluding hydrogens is 188 g/mol. The second-order valence-electron chi connectivity index (χ2n) is 3.70. The summed E-state index contributed by atoms with van der Waals surface area (Å²) >= 11 is 0. The highest BCUT2D eigenvalue weighted by atomic mass is 16.1. The molecule has 0 aromatic heterocycles. The lowest BCUT2D eigenvalue weighted by atomic mass is 9.99. The van der Waals surface area contributed by atoms with Gasteiger partial charge >= 0.3 is 0 Å². The molecule has 0 spiro atoms. The summed E-state index contributed by atoms with van der Waals surface area (Å²) in [6, 6.07) is 8.13. The van der Waals surface area contributed by atoms with E-state index in [-0.39, 0.29) is 5.91 Å². The zero-order chi connectivity index (χ0) is 10.7. The number of nitrogens with zero attached hydrogens (tertiary/aromatic N) is 1. The summed E-state index contributed by atoms with van der Waals surface area (Å²) in [5.41, 5.74) is 3.28. The van der Waals surface area contributed by atoms with Gasteiger partial charge in [-0.15, -0.1) is 0 Å². The molecule has 0 saturated heterocycles. The molecule has 1 aromatic carbocycles. The Morgan fingerprint density at radius 3 is 3.07 bits per heavy atom. The van der Waals surface area contributed by atoms with Gasteiger partial charge in [-0.1, -0.05) is 12.1 Å². The molecule has 2 rings (SSSR count). The molecule has 0 saturated carbocycles. The third kappa shape index (κ3) is 2.16. The number of anilines is 1. The van der Waals surface area contributed by atoms with Crippen LogP contribution in [0.15, 0.2) is 18.2 Å². The number of carbonyl (C=O) groups is 1. The van der Waals surface area contributed by atoms with Crippen LogP contribution in [0.4, 0.5) is 5.69 Å². The van der Waals surface area contributed by atoms with Gasteiger partial charge in [-0.2, -0.15) is 5.26 Å². The van der Waals surface area contributed by atoms with E-state index < -0.39 is 0 Å². The first-order valence-corrected chi connectivity index (χ1v) is 5.08. The fourth-order valence-electron chi connectivity index (χ4n) is 1.79. The molecular formula is C12H12N2O. The molecule has 0 unspecified atom stereocenters. The van der Waals surface area contributed by atoms with E-state index in [1.165, 1.54) is 11.1 Å². The molecule has 0 fully saturated rings. The topological polar surface area (TPSA) is 52.9 Å². The number of aryl methyl sites for hydroxylation is 2. The maximum Gasteiger partial charge on any atom is 0.224 e. The van der Waals surface area contributed by atoms with Gasteiger partial charge < -0.3 is 5.32 Å². The van der Waals surface area contributed by atoms with Crippen molar-refractivity contribution in [1.29, 1.82) is 5.26 Å². The number of amides is 1. The van der Waals surface area contributed by atoms with Crippen LogP contribution >= 0.6 is 0 Å². The average Bonchev–Trinajstić information content (AvgIpc) is 2.26. The van der Waals surface area contributed by atoms with Gasteiger partial charge in [-0.3, -0.25) is 4.79 Å². The molecule has 15 heavy (non-hydrogen) atoms. The Kier molecular flexibility index (Phi) is 2.68. The van der Waals surface area contributed by atoms with Gasteiger partial charge in [0.05, 0.1) is 6.07 Å². The summed E-state index contributed by atoms with van der Waals surface area (Å²) in [7, 11) is 0. The van der Waals surface area contributed by atoms with Crippen molar-refractivity contribution in [3.63, 3.8) is 0 Å². The van der Waals surface area contributed by atoms with Crippen LogP contribution in [0.5, 0.6) is 0 Å². The lowest BCUT2D eigenvalue weighted by Gasteiger charge is -2.17. The van der Waals surface area contributed by atoms with Crippen molar-refractivity contribution >= 4 is 11.6 Å². The molecule has 1 heterocycles. The van der Waals surface area contributed by atoms with Crippen molar-refractivity contribution in [3.8, 4) is 6.07 Å². The summed E-state index contributed by atoms with van der Waals surface area (Å²) < 4.78 is 0. The Labute approximate surface area is 88.7 Å². The predicted octanol–water partition coefficient (Wildman–Crippen LogP) is 2.03. The van der Waals surface area contributed by atoms with E-state index in [2.05, 4.69) is 17.5 Å². The minimum absolute atomic E-state index is 0.0901. The van der Waals surface area contributed by atoms with Crippen molar-refractivity contribution in [3.05, 3.63) is 29.3 Å². The maximum absolute atomic E-state index is 11.1. The summed E-state index contributed by atoms with van der Waals surface area (Å²) in [4.78, 5) is 11.1. The molecule has 0 bridgehead atoms. The standard InChI is InChI=1S/C12H12N2O/c13-7-1-2-9-3-5-11-10(8-9)4-6-12(15)14-11/h3,5,8H,1-2,4,6H2,(H,14,15). The smallest absolute Gasteiger partial charge is 0.224 e. The molecule has 76 valence electrons. The van der Waals surface area contributed by atoms with Crippen molar-refractivity contribution in [1.82, 2.24) is 0 Å². The van der Waals surface area contributed by atoms with Crippen LogP contribution in [0.3, 0.4) is 0 Å². The van der Waals surface area contributed by atoms with Crippen LogP contribution < -0.4 is 5.32 Å². The van der Waals surface area contributed by atoms with Gasteiger partial charge in [0.25, 0.3) is 0 Å². The third-order valence-electron chi connectivity index (χ3n) is 2.59. The monoisotopic (exact) mass is 200 g/mol. The third-order valence-corrected chi connectivity index (χ3v) is 2.59. The number of benzene rings is 1. The number of hydrogen-bond acceptors (Lipinski definition) is 2. The second kappa shape index (κ2) is 4.14. The zero-order valence-corrected chi connectivity index (χ0v) is 8.42. The predicted molar refractivity (Wildman–Crippen MR) is 57.3 cm³/mol. The van der Waals surface area contributed by atoms with Crippen LogP contribution in [0.2, 0.25) is 0 Å². The van der Waals surface area contributed by atoms with Crippen molar-refractivity contribution in [2.45, 2.75) is 25.7 Å². The number of nitriles is 1. The van der Waals surface area contributed by atoms with Crippen molar-refractivity contribution in [2.24, 2.45) is 0 Å². The Balaban J connectivity index is 2.20. The van der Waals surface area contributed by atoms with E-state index in [0.717, 1.165) is 18.5 Å². The van der Waals surface area contributed by atoms with Gasteiger partial charge in [0.15, 0.2) is 0 Å². The largest absolute Gasteiger partial charge is 0.326 e. The van der Waals surface area contributed by atoms with E-state index in [1.807, 2.05) is 12.1 Å². The van der Waals surface area contributed by atoms with Crippen LogP contribution in [0.25, 0.3) is 0 Å². The normalized spacial score (nSPS) is 13.9. The fraction of sp³-hybridized carbons (Fsp3) is 0.333. The highest BCUT2D eigenvalue weighted by molar-refractivity contribution is 5.93. The highest BCUT2D eigenvalue weighted by Gasteiger charge is 2.14. The molecule has 0 radical (unpaired) electrons. The molecule has 3 nitrogen and oxygen atoms in total. The Hall–Kier alpha value is -1.82. The van der Waals surface area contributed by atoms with Crippen molar-refractivity contribution in [2.75, 3.05) is 5.32 Å². The molecule has 1 aliphatic heterocycles. The van der Waals surface area contributed by atoms with E-state index in [0.29, 0.717) is 12.8 Å². The Morgan fingerprint density at radius 1 is 1.40 bits per heavy atom. The Bertz CT molecular complexity index is 432. The van der Waals surface area contributed by atoms with Crippen LogP contribution in [0.1, 0.15) is 24.0 Å². The van der Waals surface area contributed by atoms with Crippen LogP contribution in [-0.4, -0.2) is 5.91 Å². The first-order chi connectivity index (χ1) is 7.29. The minimum Gasteiger partial charge on any atom is -0.326 e. The molecule has 1 N–H and O–H groups in total. The molecule has 1 aliphatic rings. The average molecular weight is 200 g/mol. The summed E-state index contributed by atoms with van der Waals surface area (Å²) in [6.07, 6.45) is 2.71. The van der Waals surface area contributed by atoms with Gasteiger partial charge in [0.2, 0.25) is 5.91 Å². The first kappa shape index (κ1) is 9.72. The van der Waals surface area contributed by atoms with Gasteiger partial charge in [0.1, 0.15) is 0 Å². The van der Waals surface area contributed by atoms with Gasteiger partial charge in [-0.05, 0) is 30.0 Å². The number of hydrogen-bond donors (Lipinski definition) is 1. The van der Waals surface area contributed by atoms with E-state index >= 15 is 0 Å². The lowest BCUT2D eigenvalue weighted by molar-refractivity contribution is -0.116. The second-order valence-corrected chi connectivity index (χ2v) is 3.70. The van der Waals surface area contributed by atoms with Crippen molar-refractivity contribution < 1.29 is 4.79 Å². The number of carbonyl (C=O) groups excluding carboxylic acids is 1. The molecule has 0 atom stereocenters. The molecule has 1 amide bonds. The number of fused-ring (bicyclic) bond motifs is 1. The summed E-state index contributed by atoms with van der Waals surface area (Å²) in [5, 5.41) is 11.3. The first-order valence-electron chi connectivity index (χ1n) is 5.08. The quantitative estimate of drug-likeness (QED) is 0.794. The summed E-state index contributed by atoms with van der Waals surface area (Å²) in [6.45, 7) is 0. The molecule has 1 aromatic rings. The van der Waals surface area contributed by atoms with Gasteiger partial charge in [0, 0.05) is 18.5 Å². The van der Waals surface area contributed by atoms with Crippen LogP contribution in [-0.2, 0) is 17.6 Å². The number of rotatable bonds is 2. The Morgan fingerprint density at radius 2 is 2.27 bits per heavy atom. The van der Waals surface area contributed by atoms with Gasteiger partial charge in [-0.25, -0.2) is 0 Å². The van der Waals surface area contributed by atoms with E-state index in [9.17, 15) is 4.79 Å². The lowest BCUT2D eigenvalue weighted by Crippen LogP contribution is -2.18. The van der Waals surface area contributed by atoms with E-state index in [4.69, 9.17) is 5.26 Å². The molecule has 0 aliphatic carbocycles. The molecule has 3 heteroatoms.